The maximum atomic E-state index is 7.34. The first-order valence-electron chi connectivity index (χ1n) is 30.0. The Hall–Kier alpha value is -6.24. The lowest BCUT2D eigenvalue weighted by molar-refractivity contribution is 0.332. The molecule has 0 saturated heterocycles. The van der Waals surface area contributed by atoms with E-state index in [-0.39, 0.29) is 32.5 Å². The standard InChI is InChI=1S/C73H79BN2O2S/c1-14-15-16-19-42-22-24-43(25-23-42)75-57-41-61-46(47-36-53-55(39-60(47)77-61)72(10,11)32-30-70(53,6)7)35-49(57)63-64-58(38-48-45-20-17-18-21-59(45)78-66(48)63)76(44-26-27-51-52(34-44)69(4,5)29-28-68(51,2)3)65-50-37-54-56(40-62(50)79-67(65)74-64)73(12,13)33-31-71(54,8)9/h17-18,20-27,34-41,74-75H,14-16,19,28-33H2,1-13H3. The summed E-state index contributed by atoms with van der Waals surface area (Å²) in [5.41, 5.74) is 23.7. The summed E-state index contributed by atoms with van der Waals surface area (Å²) in [5.74, 6) is 0. The number of furan rings is 2. The van der Waals surface area contributed by atoms with Gasteiger partial charge in [-0.25, -0.2) is 0 Å². The molecular weight excluding hydrogens is 980 g/mol. The molecule has 0 radical (unpaired) electrons. The number of nitrogens with one attached hydrogen (secondary N) is 1. The normalized spacial score (nSPS) is 19.0. The van der Waals surface area contributed by atoms with Crippen LogP contribution in [0.25, 0.3) is 65.1 Å². The van der Waals surface area contributed by atoms with Crippen molar-refractivity contribution in [2.75, 3.05) is 10.2 Å². The molecule has 14 rings (SSSR count). The molecule has 10 aromatic rings. The van der Waals surface area contributed by atoms with Gasteiger partial charge in [-0.15, -0.1) is 11.3 Å². The third-order valence-corrected chi connectivity index (χ3v) is 21.7. The minimum Gasteiger partial charge on any atom is -0.456 e. The van der Waals surface area contributed by atoms with Crippen LogP contribution < -0.4 is 20.5 Å². The number of aryl methyl sites for hydroxylation is 1. The molecule has 0 amide bonds. The fourth-order valence-electron chi connectivity index (χ4n) is 15.1. The largest absolute Gasteiger partial charge is 0.456 e. The summed E-state index contributed by atoms with van der Waals surface area (Å²) in [4.78, 5) is 2.70. The lowest BCUT2D eigenvalue weighted by atomic mass is 9.61. The van der Waals surface area contributed by atoms with Crippen LogP contribution in [0.1, 0.15) is 187 Å². The molecule has 7 aromatic carbocycles. The van der Waals surface area contributed by atoms with Gasteiger partial charge in [-0.3, -0.25) is 0 Å². The number of nitrogens with zero attached hydrogens (tertiary/aromatic N) is 1. The number of unbranched alkanes of at least 4 members (excludes halogenated alkanes) is 2. The second-order valence-electron chi connectivity index (χ2n) is 28.7. The Morgan fingerprint density at radius 2 is 1.10 bits per heavy atom. The molecule has 0 spiro atoms. The number of hydrogen-bond acceptors (Lipinski definition) is 5. The quantitative estimate of drug-likeness (QED) is 0.122. The number of rotatable bonds is 8. The van der Waals surface area contributed by atoms with Crippen molar-refractivity contribution in [3.63, 3.8) is 0 Å². The van der Waals surface area contributed by atoms with Gasteiger partial charge in [0.15, 0.2) is 0 Å². The highest BCUT2D eigenvalue weighted by Gasteiger charge is 2.43. The van der Waals surface area contributed by atoms with E-state index in [0.717, 1.165) is 94.0 Å². The van der Waals surface area contributed by atoms with Crippen LogP contribution in [-0.2, 0) is 38.9 Å². The zero-order chi connectivity index (χ0) is 54.9. The molecule has 6 heteroatoms. The first-order valence-corrected chi connectivity index (χ1v) is 30.8. The van der Waals surface area contributed by atoms with Gasteiger partial charge in [-0.1, -0.05) is 139 Å². The summed E-state index contributed by atoms with van der Waals surface area (Å²) in [7, 11) is 0.774. The Bertz CT molecular complexity index is 4170. The van der Waals surface area contributed by atoms with Crippen molar-refractivity contribution < 1.29 is 8.83 Å². The zero-order valence-corrected chi connectivity index (χ0v) is 50.2. The van der Waals surface area contributed by atoms with Gasteiger partial charge in [-0.2, -0.15) is 0 Å². The molecule has 402 valence electrons. The topological polar surface area (TPSA) is 41.6 Å². The van der Waals surface area contributed by atoms with Crippen LogP contribution in [-0.4, -0.2) is 7.28 Å². The molecule has 79 heavy (non-hydrogen) atoms. The highest BCUT2D eigenvalue weighted by molar-refractivity contribution is 7.29. The van der Waals surface area contributed by atoms with Crippen molar-refractivity contribution in [2.45, 2.75) is 187 Å². The lowest BCUT2D eigenvalue weighted by Crippen LogP contribution is -2.40. The van der Waals surface area contributed by atoms with E-state index in [1.54, 1.807) is 0 Å². The third-order valence-electron chi connectivity index (χ3n) is 20.5. The highest BCUT2D eigenvalue weighted by Crippen LogP contribution is 2.55. The number of benzene rings is 7. The van der Waals surface area contributed by atoms with Crippen LogP contribution in [0.15, 0.2) is 118 Å². The van der Waals surface area contributed by atoms with Crippen molar-refractivity contribution in [3.05, 3.63) is 148 Å². The fourth-order valence-corrected chi connectivity index (χ4v) is 16.3. The number of hydrogen-bond donors (Lipinski definition) is 1. The van der Waals surface area contributed by atoms with Gasteiger partial charge >= 0.3 is 0 Å². The van der Waals surface area contributed by atoms with E-state index in [2.05, 4.69) is 209 Å². The van der Waals surface area contributed by atoms with Crippen LogP contribution in [0.3, 0.4) is 0 Å². The minimum absolute atomic E-state index is 0.0326. The van der Waals surface area contributed by atoms with E-state index >= 15 is 0 Å². The Labute approximate surface area is 473 Å². The van der Waals surface area contributed by atoms with Crippen molar-refractivity contribution in [1.29, 1.82) is 0 Å². The van der Waals surface area contributed by atoms with Gasteiger partial charge in [0.05, 0.1) is 11.4 Å². The van der Waals surface area contributed by atoms with Crippen LogP contribution in [0.2, 0.25) is 0 Å². The van der Waals surface area contributed by atoms with Gasteiger partial charge in [0.25, 0.3) is 0 Å². The molecule has 0 saturated carbocycles. The van der Waals surface area contributed by atoms with Crippen LogP contribution in [0.4, 0.5) is 28.4 Å². The molecule has 4 heterocycles. The van der Waals surface area contributed by atoms with Crippen molar-refractivity contribution in [1.82, 2.24) is 0 Å². The minimum atomic E-state index is 0.0326. The Morgan fingerprint density at radius 1 is 0.519 bits per heavy atom. The number of thiophene rings is 1. The van der Waals surface area contributed by atoms with E-state index in [1.807, 2.05) is 11.3 Å². The maximum Gasteiger partial charge on any atom is 0.211 e. The highest BCUT2D eigenvalue weighted by atomic mass is 32.1. The molecule has 4 nitrogen and oxygen atoms in total. The molecule has 3 aliphatic carbocycles. The third kappa shape index (κ3) is 7.94. The summed E-state index contributed by atoms with van der Waals surface area (Å²) in [5, 5.41) is 10.0. The Morgan fingerprint density at radius 3 is 1.77 bits per heavy atom. The molecule has 0 atom stereocenters. The SMILES string of the molecule is CCCCCc1ccc(Nc2cc3oc4cc5c(cc4c3cc2-c2c3c(cc4c2oc2ccccc24)N(c2ccc4c(c2)C(C)(C)CCC4(C)C)c2c(sc4cc6c(cc24)C(C)(C)CCC6(C)C)B3)C(C)(C)CCC5(C)C)cc1. The molecule has 1 N–H and O–H groups in total. The van der Waals surface area contributed by atoms with E-state index in [9.17, 15) is 0 Å². The Kier molecular flexibility index (Phi) is 11.2. The second-order valence-corrected chi connectivity index (χ2v) is 29.8. The van der Waals surface area contributed by atoms with Crippen molar-refractivity contribution >= 4 is 111 Å². The van der Waals surface area contributed by atoms with E-state index in [0.29, 0.717) is 0 Å². The number of para-hydroxylation sites is 1. The van der Waals surface area contributed by atoms with Crippen LogP contribution in [0, 0.1) is 0 Å². The average Bonchev–Trinajstić information content (AvgIpc) is 4.17. The van der Waals surface area contributed by atoms with E-state index in [4.69, 9.17) is 8.83 Å². The Balaban J connectivity index is 1.08. The monoisotopic (exact) mass is 1060 g/mol. The summed E-state index contributed by atoms with van der Waals surface area (Å²) in [6, 6.07) is 42.8. The number of fused-ring (bicyclic) bond motifs is 13. The first kappa shape index (κ1) is 50.9. The van der Waals surface area contributed by atoms with Gasteiger partial charge in [0.2, 0.25) is 7.28 Å². The molecule has 0 fully saturated rings. The average molecular weight is 1060 g/mol. The van der Waals surface area contributed by atoms with Gasteiger partial charge < -0.3 is 19.1 Å². The van der Waals surface area contributed by atoms with Crippen molar-refractivity contribution in [3.8, 4) is 11.1 Å². The van der Waals surface area contributed by atoms with Gasteiger partial charge in [0, 0.05) is 65.9 Å². The number of anilines is 5. The lowest BCUT2D eigenvalue weighted by Gasteiger charge is -2.43. The summed E-state index contributed by atoms with van der Waals surface area (Å²) >= 11 is 2.01. The zero-order valence-electron chi connectivity index (χ0n) is 49.3. The maximum absolute atomic E-state index is 7.34. The smallest absolute Gasteiger partial charge is 0.211 e. The molecule has 4 aliphatic rings. The van der Waals surface area contributed by atoms with Crippen LogP contribution in [0.5, 0.6) is 0 Å². The van der Waals surface area contributed by atoms with Crippen LogP contribution >= 0.6 is 11.3 Å². The molecular formula is C73H79BN2O2S. The van der Waals surface area contributed by atoms with E-state index in [1.165, 1.54) is 120 Å². The van der Waals surface area contributed by atoms with Gasteiger partial charge in [0.1, 0.15) is 22.3 Å². The van der Waals surface area contributed by atoms with Gasteiger partial charge in [-0.05, 0) is 200 Å². The predicted molar refractivity (Wildman–Crippen MR) is 342 cm³/mol. The molecule has 0 unspecified atom stereocenters. The summed E-state index contributed by atoms with van der Waals surface area (Å²) in [6.45, 7) is 31.7. The first-order chi connectivity index (χ1) is 37.5. The van der Waals surface area contributed by atoms with Crippen molar-refractivity contribution in [2.24, 2.45) is 0 Å². The van der Waals surface area contributed by atoms with E-state index < -0.39 is 0 Å². The molecule has 3 aromatic heterocycles. The molecule has 1 aliphatic heterocycles. The second kappa shape index (κ2) is 17.4. The summed E-state index contributed by atoms with van der Waals surface area (Å²) < 4.78 is 17.2. The summed E-state index contributed by atoms with van der Waals surface area (Å²) in [6.07, 6.45) is 11.8. The fraction of sp³-hybridized carbons (Fsp3) is 0.397. The molecule has 0 bridgehead atoms. The predicted octanol–water partition coefficient (Wildman–Crippen LogP) is 20.1.